The molecular formula is C23H18F4N6O2. The van der Waals surface area contributed by atoms with Crippen LogP contribution in [0.4, 0.5) is 17.6 Å². The van der Waals surface area contributed by atoms with Crippen LogP contribution in [-0.2, 0) is 30.5 Å². The number of alkyl halides is 3. The Hall–Kier alpha value is -3.96. The van der Waals surface area contributed by atoms with E-state index >= 15 is 0 Å². The van der Waals surface area contributed by atoms with E-state index in [9.17, 15) is 22.4 Å². The monoisotopic (exact) mass is 486 g/mol. The molecule has 35 heavy (non-hydrogen) atoms. The molecule has 0 bridgehead atoms. The average molecular weight is 486 g/mol. The highest BCUT2D eigenvalue weighted by Crippen LogP contribution is 2.37. The second-order valence-electron chi connectivity index (χ2n) is 8.49. The highest BCUT2D eigenvalue weighted by molar-refractivity contribution is 6.03. The first-order valence-electron chi connectivity index (χ1n) is 10.9. The van der Waals surface area contributed by atoms with E-state index in [4.69, 9.17) is 4.74 Å². The van der Waals surface area contributed by atoms with Crippen LogP contribution in [0, 0.1) is 5.82 Å². The van der Waals surface area contributed by atoms with Gasteiger partial charge >= 0.3 is 6.18 Å². The fourth-order valence-electron chi connectivity index (χ4n) is 4.82. The summed E-state index contributed by atoms with van der Waals surface area (Å²) >= 11 is 0. The van der Waals surface area contributed by atoms with Gasteiger partial charge in [-0.1, -0.05) is 0 Å². The van der Waals surface area contributed by atoms with Gasteiger partial charge in [-0.3, -0.25) is 19.7 Å². The molecule has 12 heteroatoms. The lowest BCUT2D eigenvalue weighted by Gasteiger charge is -2.36. The average Bonchev–Trinajstić information content (AvgIpc) is 3.48. The van der Waals surface area contributed by atoms with Gasteiger partial charge in [0.25, 0.3) is 0 Å². The van der Waals surface area contributed by atoms with Crippen LogP contribution in [0.15, 0.2) is 40.6 Å². The van der Waals surface area contributed by atoms with Crippen molar-refractivity contribution < 1.29 is 27.1 Å². The molecule has 2 N–H and O–H groups in total. The Kier molecular flexibility index (Phi) is 4.80. The number of fused-ring (bicyclic) bond motifs is 3. The summed E-state index contributed by atoms with van der Waals surface area (Å²) in [5, 5.41) is 5.70. The molecule has 1 aromatic heterocycles. The van der Waals surface area contributed by atoms with E-state index in [1.807, 2.05) is 0 Å². The molecular weight excluding hydrogens is 468 g/mol. The van der Waals surface area contributed by atoms with E-state index in [1.54, 1.807) is 17.2 Å². The Balaban J connectivity index is 1.38. The van der Waals surface area contributed by atoms with Gasteiger partial charge in [0.1, 0.15) is 17.3 Å². The van der Waals surface area contributed by atoms with Crippen molar-refractivity contribution in [2.24, 2.45) is 9.98 Å². The van der Waals surface area contributed by atoms with Gasteiger partial charge in [-0.15, -0.1) is 0 Å². The molecule has 4 aliphatic heterocycles. The van der Waals surface area contributed by atoms with Gasteiger partial charge in [-0.2, -0.15) is 13.2 Å². The zero-order chi connectivity index (χ0) is 24.3. The lowest BCUT2D eigenvalue weighted by Crippen LogP contribution is -2.54. The molecule has 2 unspecified atom stereocenters. The quantitative estimate of drug-likeness (QED) is 0.637. The predicted molar refractivity (Wildman–Crippen MR) is 117 cm³/mol. The molecule has 180 valence electrons. The highest BCUT2D eigenvalue weighted by Gasteiger charge is 2.45. The summed E-state index contributed by atoms with van der Waals surface area (Å²) in [7, 11) is 0. The normalized spacial score (nSPS) is 23.4. The van der Waals surface area contributed by atoms with Crippen LogP contribution in [0.3, 0.4) is 0 Å². The van der Waals surface area contributed by atoms with Gasteiger partial charge in [-0.05, 0) is 23.8 Å². The Bertz CT molecular complexity index is 1340. The Morgan fingerprint density at radius 2 is 2.14 bits per heavy atom. The SMILES string of the molecule is O=C1NCc2cc(C(F)(F)F)ncc2C2=CNC(=NCc3c(F)ccc4c3CCO4)N3C=NC1C23. The topological polar surface area (TPSA) is 91.2 Å². The van der Waals surface area contributed by atoms with Gasteiger partial charge in [0.05, 0.1) is 25.5 Å². The third kappa shape index (κ3) is 3.51. The maximum absolute atomic E-state index is 14.5. The zero-order valence-corrected chi connectivity index (χ0v) is 18.1. The van der Waals surface area contributed by atoms with Gasteiger partial charge in [-0.25, -0.2) is 9.38 Å². The fourth-order valence-corrected chi connectivity index (χ4v) is 4.82. The van der Waals surface area contributed by atoms with E-state index < -0.39 is 29.9 Å². The number of benzene rings is 1. The number of pyridine rings is 1. The summed E-state index contributed by atoms with van der Waals surface area (Å²) in [5.74, 6) is 0.184. The number of amides is 1. The number of hydrogen-bond donors (Lipinski definition) is 2. The van der Waals surface area contributed by atoms with Crippen molar-refractivity contribution in [3.05, 3.63) is 64.4 Å². The van der Waals surface area contributed by atoms with Crippen LogP contribution >= 0.6 is 0 Å². The number of guanidine groups is 1. The number of rotatable bonds is 2. The molecule has 8 nitrogen and oxygen atoms in total. The molecule has 0 fully saturated rings. The van der Waals surface area contributed by atoms with Crippen molar-refractivity contribution in [3.63, 3.8) is 0 Å². The lowest BCUT2D eigenvalue weighted by atomic mass is 9.88. The minimum absolute atomic E-state index is 0.0326. The minimum Gasteiger partial charge on any atom is -0.493 e. The lowest BCUT2D eigenvalue weighted by molar-refractivity contribution is -0.141. The van der Waals surface area contributed by atoms with E-state index in [1.165, 1.54) is 18.6 Å². The van der Waals surface area contributed by atoms with Crippen molar-refractivity contribution in [1.29, 1.82) is 0 Å². The summed E-state index contributed by atoms with van der Waals surface area (Å²) in [5.41, 5.74) is 1.51. The third-order valence-corrected chi connectivity index (χ3v) is 6.51. The molecule has 1 aromatic carbocycles. The summed E-state index contributed by atoms with van der Waals surface area (Å²) in [6, 6.07) is 2.43. The minimum atomic E-state index is -4.61. The summed E-state index contributed by atoms with van der Waals surface area (Å²) in [4.78, 5) is 26.9. The van der Waals surface area contributed by atoms with Gasteiger partial charge < -0.3 is 15.4 Å². The van der Waals surface area contributed by atoms with Crippen LogP contribution in [-0.4, -0.2) is 46.8 Å². The number of nitrogens with one attached hydrogen (secondary N) is 2. The number of ether oxygens (including phenoxy) is 1. The van der Waals surface area contributed by atoms with E-state index in [2.05, 4.69) is 25.6 Å². The number of halogens is 4. The van der Waals surface area contributed by atoms with Crippen molar-refractivity contribution >= 4 is 23.8 Å². The van der Waals surface area contributed by atoms with E-state index in [-0.39, 0.29) is 18.9 Å². The number of aliphatic imine (C=N–C) groups is 2. The smallest absolute Gasteiger partial charge is 0.433 e. The molecule has 0 aliphatic carbocycles. The maximum Gasteiger partial charge on any atom is 0.433 e. The molecule has 2 aromatic rings. The third-order valence-electron chi connectivity index (χ3n) is 6.51. The van der Waals surface area contributed by atoms with Crippen LogP contribution in [0.5, 0.6) is 5.75 Å². The van der Waals surface area contributed by atoms with Gasteiger partial charge in [0.2, 0.25) is 11.9 Å². The number of aromatic nitrogens is 1. The molecule has 0 saturated heterocycles. The van der Waals surface area contributed by atoms with Crippen molar-refractivity contribution in [3.8, 4) is 5.75 Å². The Morgan fingerprint density at radius 1 is 1.29 bits per heavy atom. The molecule has 6 rings (SSSR count). The first-order chi connectivity index (χ1) is 16.8. The maximum atomic E-state index is 14.5. The van der Waals surface area contributed by atoms with Crippen molar-refractivity contribution in [2.45, 2.75) is 37.8 Å². The summed E-state index contributed by atoms with van der Waals surface area (Å²) in [6.07, 6.45) is 0.212. The number of carbonyl (C=O) groups excluding carboxylic acids is 1. The molecule has 0 spiro atoms. The number of carbonyl (C=O) groups is 1. The van der Waals surface area contributed by atoms with Gasteiger partial charge in [0, 0.05) is 47.6 Å². The summed E-state index contributed by atoms with van der Waals surface area (Å²) < 4.78 is 59.7. The van der Waals surface area contributed by atoms with E-state index in [0.29, 0.717) is 47.0 Å². The largest absolute Gasteiger partial charge is 0.493 e. The second kappa shape index (κ2) is 7.79. The van der Waals surface area contributed by atoms with E-state index in [0.717, 1.165) is 11.6 Å². The van der Waals surface area contributed by atoms with Crippen LogP contribution < -0.4 is 15.4 Å². The molecule has 1 amide bonds. The Morgan fingerprint density at radius 3 is 2.97 bits per heavy atom. The van der Waals surface area contributed by atoms with Crippen molar-refractivity contribution in [1.82, 2.24) is 20.5 Å². The van der Waals surface area contributed by atoms with Crippen molar-refractivity contribution in [2.75, 3.05) is 6.61 Å². The van der Waals surface area contributed by atoms with Crippen LogP contribution in [0.1, 0.15) is 27.9 Å². The first kappa shape index (κ1) is 21.6. The summed E-state index contributed by atoms with van der Waals surface area (Å²) in [6.45, 7) is 0.427. The molecule has 5 heterocycles. The molecule has 0 saturated carbocycles. The zero-order valence-electron chi connectivity index (χ0n) is 18.1. The predicted octanol–water partition coefficient (Wildman–Crippen LogP) is 2.39. The van der Waals surface area contributed by atoms with Crippen LogP contribution in [0.2, 0.25) is 0 Å². The molecule has 4 aliphatic rings. The molecule has 2 atom stereocenters. The first-order valence-corrected chi connectivity index (χ1v) is 10.9. The standard InChI is InChI=1S/C23H18F4N6O2/c24-16-1-2-17-12(3-4-35-17)14(16)8-30-22-31-9-15-13-7-28-18(23(25,26)27)5-11(13)6-29-21(34)19-20(15)33(22)10-32-19/h1-2,5,7,9-10,19-20H,3-4,6,8H2,(H,29,34)(H,30,31). The fraction of sp³-hybridized carbons (Fsp3) is 0.304. The van der Waals surface area contributed by atoms with Gasteiger partial charge in [0.15, 0.2) is 6.04 Å². The highest BCUT2D eigenvalue weighted by atomic mass is 19.4. The van der Waals surface area contributed by atoms with Crippen LogP contribution in [0.25, 0.3) is 5.57 Å². The second-order valence-corrected chi connectivity index (χ2v) is 8.49. The molecule has 0 radical (unpaired) electrons. The number of nitrogens with zero attached hydrogens (tertiary/aromatic N) is 4. The Labute approximate surface area is 196 Å². The number of hydrogen-bond acceptors (Lipinski definition) is 5.